The number of hydrogen-bond acceptors (Lipinski definition) is 5. The number of nitrogens with zero attached hydrogens (tertiary/aromatic N) is 1. The van der Waals surface area contributed by atoms with Crippen molar-refractivity contribution in [1.29, 1.82) is 0 Å². The van der Waals surface area contributed by atoms with E-state index >= 15 is 0 Å². The second kappa shape index (κ2) is 9.77. The fourth-order valence-corrected chi connectivity index (χ4v) is 3.96. The number of Topliss-reactive ketones (excluding diaryl/α,β-unsaturated/α-hetero) is 1. The van der Waals surface area contributed by atoms with E-state index in [0.29, 0.717) is 35.1 Å². The molecule has 1 atom stereocenters. The van der Waals surface area contributed by atoms with E-state index in [9.17, 15) is 14.7 Å². The van der Waals surface area contributed by atoms with Crippen LogP contribution in [0.25, 0.3) is 5.76 Å². The number of benzene rings is 2. The lowest BCUT2D eigenvalue weighted by Crippen LogP contribution is -2.29. The van der Waals surface area contributed by atoms with Gasteiger partial charge < -0.3 is 14.3 Å². The molecule has 0 spiro atoms. The molecule has 6 heteroatoms. The molecule has 0 bridgehead atoms. The Morgan fingerprint density at radius 2 is 1.73 bits per heavy atom. The summed E-state index contributed by atoms with van der Waals surface area (Å²) in [4.78, 5) is 27.5. The van der Waals surface area contributed by atoms with Crippen LogP contribution in [0.1, 0.15) is 49.3 Å². The Labute approximate surface area is 193 Å². The molecule has 1 N–H and O–H groups in total. The Morgan fingerprint density at radius 3 is 2.36 bits per heavy atom. The minimum atomic E-state index is -0.869. The van der Waals surface area contributed by atoms with E-state index in [1.165, 1.54) is 4.90 Å². The van der Waals surface area contributed by atoms with Gasteiger partial charge >= 0.3 is 0 Å². The number of aliphatic hydroxyl groups excluding tert-OH is 1. The van der Waals surface area contributed by atoms with Gasteiger partial charge in [0.25, 0.3) is 11.7 Å². The smallest absolute Gasteiger partial charge is 0.300 e. The number of ether oxygens (including phenoxy) is 1. The Hall–Kier alpha value is -3.80. The lowest BCUT2D eigenvalue weighted by Gasteiger charge is -2.23. The van der Waals surface area contributed by atoms with E-state index in [1.54, 1.807) is 67.6 Å². The normalized spacial score (nSPS) is 17.5. The van der Waals surface area contributed by atoms with Gasteiger partial charge in [-0.2, -0.15) is 0 Å². The molecule has 1 aromatic heterocycles. The number of aliphatic hydroxyl groups is 1. The monoisotopic (exact) mass is 445 g/mol. The van der Waals surface area contributed by atoms with E-state index < -0.39 is 17.7 Å². The van der Waals surface area contributed by atoms with Crippen molar-refractivity contribution in [2.24, 2.45) is 0 Å². The van der Waals surface area contributed by atoms with Gasteiger partial charge in [-0.1, -0.05) is 38.0 Å². The van der Waals surface area contributed by atoms with Crippen molar-refractivity contribution in [3.05, 3.63) is 89.4 Å². The average molecular weight is 446 g/mol. The number of carbonyl (C=O) groups is 2. The number of carbonyl (C=O) groups excluding carboxylic acids is 2. The summed E-state index contributed by atoms with van der Waals surface area (Å²) >= 11 is 0. The molecule has 1 fully saturated rings. The highest BCUT2D eigenvalue weighted by molar-refractivity contribution is 6.51. The summed E-state index contributed by atoms with van der Waals surface area (Å²) in [6.07, 6.45) is 3.20. The predicted molar refractivity (Wildman–Crippen MR) is 126 cm³/mol. The molecule has 1 saturated heterocycles. The zero-order chi connectivity index (χ0) is 23.4. The molecule has 1 unspecified atom stereocenters. The minimum absolute atomic E-state index is 0.00480. The highest BCUT2D eigenvalue weighted by Gasteiger charge is 2.48. The first kappa shape index (κ1) is 22.4. The zero-order valence-electron chi connectivity index (χ0n) is 18.8. The summed E-state index contributed by atoms with van der Waals surface area (Å²) in [5.41, 5.74) is 0.971. The molecule has 33 heavy (non-hydrogen) atoms. The molecule has 0 saturated carbocycles. The van der Waals surface area contributed by atoms with Crippen molar-refractivity contribution in [2.75, 3.05) is 11.5 Å². The molecule has 0 radical (unpaired) electrons. The van der Waals surface area contributed by atoms with Gasteiger partial charge in [-0.25, -0.2) is 0 Å². The lowest BCUT2D eigenvalue weighted by atomic mass is 9.99. The lowest BCUT2D eigenvalue weighted by molar-refractivity contribution is -0.132. The van der Waals surface area contributed by atoms with Crippen LogP contribution in [0, 0.1) is 6.92 Å². The Bertz CT molecular complexity index is 1160. The van der Waals surface area contributed by atoms with Crippen molar-refractivity contribution in [3.8, 4) is 5.75 Å². The van der Waals surface area contributed by atoms with Crippen molar-refractivity contribution < 1.29 is 23.8 Å². The standard InChI is InChI=1S/C27H27NO5/c1-3-4-8-17-32-21-14-12-19(13-15-21)25(29)23-24(22-16-11-18(2)33-22)28(27(31)26(23)30)20-9-6-5-7-10-20/h5-7,9-16,24,29H,3-4,8,17H2,1-2H3/b25-23-. The molecule has 6 nitrogen and oxygen atoms in total. The predicted octanol–water partition coefficient (Wildman–Crippen LogP) is 5.78. The quantitative estimate of drug-likeness (QED) is 0.206. The highest BCUT2D eigenvalue weighted by Crippen LogP contribution is 2.42. The van der Waals surface area contributed by atoms with Gasteiger partial charge in [-0.3, -0.25) is 14.5 Å². The molecular weight excluding hydrogens is 418 g/mol. The van der Waals surface area contributed by atoms with Gasteiger partial charge in [0.05, 0.1) is 12.2 Å². The molecule has 2 aromatic carbocycles. The van der Waals surface area contributed by atoms with Crippen LogP contribution in [0.3, 0.4) is 0 Å². The van der Waals surface area contributed by atoms with Crippen LogP contribution < -0.4 is 9.64 Å². The number of aryl methyl sites for hydroxylation is 1. The maximum atomic E-state index is 13.1. The number of furan rings is 1. The Morgan fingerprint density at radius 1 is 1.00 bits per heavy atom. The topological polar surface area (TPSA) is 80.0 Å². The first-order valence-corrected chi connectivity index (χ1v) is 11.2. The van der Waals surface area contributed by atoms with Crippen molar-refractivity contribution in [3.63, 3.8) is 0 Å². The molecular formula is C27H27NO5. The van der Waals surface area contributed by atoms with Gasteiger partial charge in [0, 0.05) is 11.3 Å². The van der Waals surface area contributed by atoms with Crippen LogP contribution in [-0.2, 0) is 9.59 Å². The van der Waals surface area contributed by atoms with Crippen LogP contribution in [0.2, 0.25) is 0 Å². The third-order valence-electron chi connectivity index (χ3n) is 5.65. The molecule has 1 aliphatic rings. The number of anilines is 1. The second-order valence-electron chi connectivity index (χ2n) is 8.03. The SMILES string of the molecule is CCCCCOc1ccc(/C(O)=C2/C(=O)C(=O)N(c3ccccc3)C2c2ccc(C)o2)cc1. The number of unbranched alkanes of at least 4 members (excludes halogenated alkanes) is 2. The van der Waals surface area contributed by atoms with Gasteiger partial charge in [-0.05, 0) is 61.9 Å². The summed E-state index contributed by atoms with van der Waals surface area (Å²) in [7, 11) is 0. The molecule has 1 aliphatic heterocycles. The number of amides is 1. The first-order valence-electron chi connectivity index (χ1n) is 11.2. The minimum Gasteiger partial charge on any atom is -0.507 e. The summed E-state index contributed by atoms with van der Waals surface area (Å²) in [6, 6.07) is 18.4. The number of rotatable bonds is 8. The van der Waals surface area contributed by atoms with Crippen LogP contribution in [-0.4, -0.2) is 23.4 Å². The fourth-order valence-electron chi connectivity index (χ4n) is 3.96. The average Bonchev–Trinajstić information content (AvgIpc) is 3.38. The van der Waals surface area contributed by atoms with Gasteiger partial charge in [0.2, 0.25) is 0 Å². The summed E-state index contributed by atoms with van der Waals surface area (Å²) in [5, 5.41) is 11.1. The second-order valence-corrected chi connectivity index (χ2v) is 8.03. The molecule has 4 rings (SSSR count). The third-order valence-corrected chi connectivity index (χ3v) is 5.65. The highest BCUT2D eigenvalue weighted by atomic mass is 16.5. The van der Waals surface area contributed by atoms with E-state index in [4.69, 9.17) is 9.15 Å². The van der Waals surface area contributed by atoms with E-state index in [-0.39, 0.29) is 11.3 Å². The molecule has 0 aliphatic carbocycles. The Balaban J connectivity index is 1.72. The van der Waals surface area contributed by atoms with Crippen LogP contribution >= 0.6 is 0 Å². The maximum Gasteiger partial charge on any atom is 0.300 e. The van der Waals surface area contributed by atoms with Gasteiger partial charge in [-0.15, -0.1) is 0 Å². The summed E-state index contributed by atoms with van der Waals surface area (Å²) in [5.74, 6) is 0.0307. The fraction of sp³-hybridized carbons (Fsp3) is 0.259. The maximum absolute atomic E-state index is 13.1. The van der Waals surface area contributed by atoms with Gasteiger partial charge in [0.15, 0.2) is 0 Å². The molecule has 3 aromatic rings. The molecule has 1 amide bonds. The van der Waals surface area contributed by atoms with E-state index in [0.717, 1.165) is 19.3 Å². The summed E-state index contributed by atoms with van der Waals surface area (Å²) < 4.78 is 11.5. The van der Waals surface area contributed by atoms with Crippen molar-refractivity contribution in [1.82, 2.24) is 0 Å². The number of ketones is 1. The van der Waals surface area contributed by atoms with Crippen LogP contribution in [0.15, 0.2) is 76.7 Å². The van der Waals surface area contributed by atoms with Crippen molar-refractivity contribution in [2.45, 2.75) is 39.2 Å². The zero-order valence-corrected chi connectivity index (χ0v) is 18.8. The first-order chi connectivity index (χ1) is 16.0. The number of para-hydroxylation sites is 1. The van der Waals surface area contributed by atoms with Gasteiger partial charge in [0.1, 0.15) is 29.1 Å². The summed E-state index contributed by atoms with van der Waals surface area (Å²) in [6.45, 7) is 4.55. The van der Waals surface area contributed by atoms with Crippen molar-refractivity contribution >= 4 is 23.1 Å². The van der Waals surface area contributed by atoms with Crippen LogP contribution in [0.5, 0.6) is 5.75 Å². The largest absolute Gasteiger partial charge is 0.507 e. The van der Waals surface area contributed by atoms with Crippen LogP contribution in [0.4, 0.5) is 5.69 Å². The number of hydrogen-bond donors (Lipinski definition) is 1. The van der Waals surface area contributed by atoms with E-state index in [1.807, 2.05) is 6.07 Å². The molecule has 170 valence electrons. The van der Waals surface area contributed by atoms with E-state index in [2.05, 4.69) is 6.92 Å². The Kier molecular flexibility index (Phi) is 6.63. The third kappa shape index (κ3) is 4.55. The molecule has 2 heterocycles.